The molecule has 2 aliphatic rings. The zero-order chi connectivity index (χ0) is 16.7. The van der Waals surface area contributed by atoms with Crippen LogP contribution in [0.2, 0.25) is 0 Å². The van der Waals surface area contributed by atoms with Gasteiger partial charge in [-0.1, -0.05) is 36.4 Å². The third-order valence-electron chi connectivity index (χ3n) is 5.05. The molecule has 4 heteroatoms. The van der Waals surface area contributed by atoms with Gasteiger partial charge in [0.2, 0.25) is 5.91 Å². The van der Waals surface area contributed by atoms with Gasteiger partial charge >= 0.3 is 0 Å². The average Bonchev–Trinajstić information content (AvgIpc) is 2.58. The Morgan fingerprint density at radius 3 is 2.46 bits per heavy atom. The molecule has 1 atom stereocenters. The van der Waals surface area contributed by atoms with Gasteiger partial charge in [-0.25, -0.2) is 4.39 Å². The van der Waals surface area contributed by atoms with Crippen molar-refractivity contribution >= 4 is 11.7 Å². The fourth-order valence-corrected chi connectivity index (χ4v) is 3.71. The predicted octanol–water partition coefficient (Wildman–Crippen LogP) is 3.28. The molecule has 0 N–H and O–H groups in total. The van der Waals surface area contributed by atoms with Gasteiger partial charge in [-0.3, -0.25) is 9.59 Å². The number of hydrogen-bond acceptors (Lipinski definition) is 2. The van der Waals surface area contributed by atoms with E-state index in [1.165, 1.54) is 17.7 Å². The molecule has 0 bridgehead atoms. The number of hydrogen-bond donors (Lipinski definition) is 0. The van der Waals surface area contributed by atoms with Crippen molar-refractivity contribution in [1.29, 1.82) is 0 Å². The molecular weight excluding hydrogens is 305 g/mol. The Hall–Kier alpha value is -2.49. The molecule has 1 saturated carbocycles. The lowest BCUT2D eigenvalue weighted by atomic mass is 9.80. The van der Waals surface area contributed by atoms with Crippen LogP contribution in [-0.2, 0) is 16.0 Å². The molecule has 0 unspecified atom stereocenters. The van der Waals surface area contributed by atoms with Crippen LogP contribution in [0.5, 0.6) is 0 Å². The molecule has 1 heterocycles. The van der Waals surface area contributed by atoms with Gasteiger partial charge in [0.25, 0.3) is 0 Å². The largest absolute Gasteiger partial charge is 0.331 e. The molecule has 2 aromatic carbocycles. The maximum atomic E-state index is 13.3. The van der Waals surface area contributed by atoms with Gasteiger partial charge in [0.15, 0.2) is 0 Å². The van der Waals surface area contributed by atoms with E-state index in [1.807, 2.05) is 23.1 Å². The summed E-state index contributed by atoms with van der Waals surface area (Å²) in [6.45, 7) is 0.628. The Labute approximate surface area is 140 Å². The quantitative estimate of drug-likeness (QED) is 0.850. The highest BCUT2D eigenvalue weighted by molar-refractivity contribution is 5.96. The Bertz CT molecular complexity index is 792. The zero-order valence-corrected chi connectivity index (χ0v) is 13.2. The predicted molar refractivity (Wildman–Crippen MR) is 87.8 cm³/mol. The van der Waals surface area contributed by atoms with Crippen molar-refractivity contribution in [3.63, 3.8) is 0 Å². The van der Waals surface area contributed by atoms with E-state index >= 15 is 0 Å². The number of ketones is 1. The standard InChI is InChI=1S/C20H18FNO2/c21-16-7-5-14(6-8-16)19-18-4-2-1-3-13(18)9-10-22(19)20(24)15-11-17(23)12-15/h1-8,15,19H,9-12H2/t19-/m0/s1. The van der Waals surface area contributed by atoms with Gasteiger partial charge in [-0.05, 0) is 35.2 Å². The first-order valence-corrected chi connectivity index (χ1v) is 8.29. The van der Waals surface area contributed by atoms with Crippen LogP contribution in [0.1, 0.15) is 35.6 Å². The number of carbonyl (C=O) groups is 2. The van der Waals surface area contributed by atoms with Gasteiger partial charge in [-0.15, -0.1) is 0 Å². The first-order chi connectivity index (χ1) is 11.6. The summed E-state index contributed by atoms with van der Waals surface area (Å²) in [5.74, 6) is -0.279. The molecule has 1 fully saturated rings. The number of amides is 1. The van der Waals surface area contributed by atoms with Crippen LogP contribution in [0.4, 0.5) is 4.39 Å². The van der Waals surface area contributed by atoms with Crippen LogP contribution in [-0.4, -0.2) is 23.1 Å². The van der Waals surface area contributed by atoms with Crippen LogP contribution >= 0.6 is 0 Å². The molecule has 122 valence electrons. The Morgan fingerprint density at radius 1 is 1.04 bits per heavy atom. The van der Waals surface area contributed by atoms with Crippen molar-refractivity contribution in [3.05, 3.63) is 71.0 Å². The zero-order valence-electron chi connectivity index (χ0n) is 13.2. The van der Waals surface area contributed by atoms with Crippen LogP contribution < -0.4 is 0 Å². The summed E-state index contributed by atoms with van der Waals surface area (Å²) in [6, 6.07) is 14.2. The molecular formula is C20H18FNO2. The number of rotatable bonds is 2. The van der Waals surface area contributed by atoms with Crippen LogP contribution in [0, 0.1) is 11.7 Å². The summed E-state index contributed by atoms with van der Waals surface area (Å²) in [6.07, 6.45) is 1.51. The molecule has 3 nitrogen and oxygen atoms in total. The van der Waals surface area contributed by atoms with Crippen molar-refractivity contribution in [3.8, 4) is 0 Å². The van der Waals surface area contributed by atoms with Crippen molar-refractivity contribution in [1.82, 2.24) is 4.90 Å². The lowest BCUT2D eigenvalue weighted by molar-refractivity contribution is -0.146. The van der Waals surface area contributed by atoms with E-state index in [1.54, 1.807) is 12.1 Å². The topological polar surface area (TPSA) is 37.4 Å². The minimum atomic E-state index is -0.287. The second kappa shape index (κ2) is 5.86. The summed E-state index contributed by atoms with van der Waals surface area (Å²) in [5, 5.41) is 0. The van der Waals surface area contributed by atoms with E-state index in [4.69, 9.17) is 0 Å². The second-order valence-corrected chi connectivity index (χ2v) is 6.58. The van der Waals surface area contributed by atoms with E-state index < -0.39 is 0 Å². The van der Waals surface area contributed by atoms with Gasteiger partial charge in [0.05, 0.1) is 12.0 Å². The second-order valence-electron chi connectivity index (χ2n) is 6.58. The summed E-state index contributed by atoms with van der Waals surface area (Å²) in [4.78, 5) is 26.0. The molecule has 0 aromatic heterocycles. The summed E-state index contributed by atoms with van der Waals surface area (Å²) < 4.78 is 13.3. The Morgan fingerprint density at radius 2 is 1.75 bits per heavy atom. The fraction of sp³-hybridized carbons (Fsp3) is 0.300. The normalized spacial score (nSPS) is 20.5. The van der Waals surface area contributed by atoms with Gasteiger partial charge in [0, 0.05) is 19.4 Å². The minimum Gasteiger partial charge on any atom is -0.331 e. The number of Topliss-reactive ketones (excluding diaryl/α,β-unsaturated/α-hetero) is 1. The van der Waals surface area contributed by atoms with Crippen LogP contribution in [0.15, 0.2) is 48.5 Å². The maximum Gasteiger partial charge on any atom is 0.227 e. The molecule has 0 spiro atoms. The molecule has 2 aromatic rings. The van der Waals surface area contributed by atoms with Gasteiger partial charge in [0.1, 0.15) is 11.6 Å². The molecule has 0 radical (unpaired) electrons. The van der Waals surface area contributed by atoms with Crippen LogP contribution in [0.3, 0.4) is 0 Å². The lowest BCUT2D eigenvalue weighted by Crippen LogP contribution is -2.47. The number of nitrogens with zero attached hydrogens (tertiary/aromatic N) is 1. The minimum absolute atomic E-state index is 0.0402. The first-order valence-electron chi connectivity index (χ1n) is 8.29. The maximum absolute atomic E-state index is 13.3. The van der Waals surface area contributed by atoms with E-state index in [9.17, 15) is 14.0 Å². The lowest BCUT2D eigenvalue weighted by Gasteiger charge is -2.40. The third kappa shape index (κ3) is 2.52. The smallest absolute Gasteiger partial charge is 0.227 e. The molecule has 0 saturated heterocycles. The SMILES string of the molecule is O=C1CC(C(=O)N2CCc3ccccc3[C@@H]2c2ccc(F)cc2)C1. The number of halogens is 1. The van der Waals surface area contributed by atoms with Crippen molar-refractivity contribution < 1.29 is 14.0 Å². The van der Waals surface area contributed by atoms with E-state index in [0.717, 1.165) is 17.5 Å². The molecule has 1 aliphatic heterocycles. The van der Waals surface area contributed by atoms with Gasteiger partial charge in [-0.2, -0.15) is 0 Å². The van der Waals surface area contributed by atoms with E-state index in [-0.39, 0.29) is 29.5 Å². The van der Waals surface area contributed by atoms with Gasteiger partial charge < -0.3 is 4.90 Å². The van der Waals surface area contributed by atoms with E-state index in [0.29, 0.717) is 19.4 Å². The monoisotopic (exact) mass is 323 g/mol. The first kappa shape index (κ1) is 15.1. The summed E-state index contributed by atoms with van der Waals surface area (Å²) in [7, 11) is 0. The Balaban J connectivity index is 1.74. The highest BCUT2D eigenvalue weighted by Crippen LogP contribution is 2.38. The third-order valence-corrected chi connectivity index (χ3v) is 5.05. The highest BCUT2D eigenvalue weighted by Gasteiger charge is 2.40. The molecule has 1 aliphatic carbocycles. The average molecular weight is 323 g/mol. The molecule has 24 heavy (non-hydrogen) atoms. The fourth-order valence-electron chi connectivity index (χ4n) is 3.71. The van der Waals surface area contributed by atoms with Crippen molar-refractivity contribution in [2.45, 2.75) is 25.3 Å². The number of benzene rings is 2. The molecule has 4 rings (SSSR count). The summed E-state index contributed by atoms with van der Waals surface area (Å²) >= 11 is 0. The summed E-state index contributed by atoms with van der Waals surface area (Å²) in [5.41, 5.74) is 3.22. The Kier molecular flexibility index (Phi) is 3.68. The molecule has 1 amide bonds. The van der Waals surface area contributed by atoms with Crippen molar-refractivity contribution in [2.75, 3.05) is 6.54 Å². The number of fused-ring (bicyclic) bond motifs is 1. The van der Waals surface area contributed by atoms with Crippen LogP contribution in [0.25, 0.3) is 0 Å². The highest BCUT2D eigenvalue weighted by atomic mass is 19.1. The number of carbonyl (C=O) groups excluding carboxylic acids is 2. The van der Waals surface area contributed by atoms with Crippen molar-refractivity contribution in [2.24, 2.45) is 5.92 Å². The van der Waals surface area contributed by atoms with E-state index in [2.05, 4.69) is 6.07 Å².